The molecule has 134 valence electrons. The maximum absolute atomic E-state index is 12.3. The van der Waals surface area contributed by atoms with Gasteiger partial charge in [0.25, 0.3) is 5.69 Å². The number of imidazole rings is 1. The Morgan fingerprint density at radius 3 is 2.46 bits per heavy atom. The lowest BCUT2D eigenvalue weighted by atomic mass is 10.0. The smallest absolute Gasteiger partial charge is 0.319 e. The van der Waals surface area contributed by atoms with Crippen molar-refractivity contribution < 1.29 is 9.72 Å². The van der Waals surface area contributed by atoms with Crippen LogP contribution >= 0.6 is 0 Å². The number of carbonyl (C=O) groups excluding carboxylic acids is 1. The van der Waals surface area contributed by atoms with Crippen LogP contribution in [-0.2, 0) is 0 Å². The average molecular weight is 353 g/mol. The van der Waals surface area contributed by atoms with Crippen LogP contribution in [0.5, 0.6) is 0 Å². The number of urea groups is 1. The Morgan fingerprint density at radius 1 is 1.15 bits per heavy atom. The van der Waals surface area contributed by atoms with Gasteiger partial charge in [-0.15, -0.1) is 0 Å². The summed E-state index contributed by atoms with van der Waals surface area (Å²) in [7, 11) is 0. The van der Waals surface area contributed by atoms with E-state index in [4.69, 9.17) is 0 Å². The molecular formula is C18H19N5O3. The molecule has 3 N–H and O–H groups in total. The van der Waals surface area contributed by atoms with E-state index in [9.17, 15) is 14.9 Å². The van der Waals surface area contributed by atoms with Gasteiger partial charge in [-0.3, -0.25) is 10.1 Å². The van der Waals surface area contributed by atoms with Gasteiger partial charge < -0.3 is 15.6 Å². The molecule has 0 bridgehead atoms. The van der Waals surface area contributed by atoms with Crippen LogP contribution in [0.15, 0.2) is 48.5 Å². The van der Waals surface area contributed by atoms with E-state index in [1.54, 1.807) is 0 Å². The zero-order valence-corrected chi connectivity index (χ0v) is 14.4. The monoisotopic (exact) mass is 353 g/mol. The lowest BCUT2D eigenvalue weighted by Crippen LogP contribution is -2.35. The number of nitrogens with zero attached hydrogens (tertiary/aromatic N) is 2. The van der Waals surface area contributed by atoms with Crippen molar-refractivity contribution in [2.45, 2.75) is 19.9 Å². The van der Waals surface area contributed by atoms with Gasteiger partial charge in [0.1, 0.15) is 5.82 Å². The molecule has 8 heteroatoms. The molecule has 0 saturated heterocycles. The van der Waals surface area contributed by atoms with Gasteiger partial charge in [0, 0.05) is 17.8 Å². The third-order valence-electron chi connectivity index (χ3n) is 3.99. The minimum absolute atomic E-state index is 0.0294. The third kappa shape index (κ3) is 3.80. The number of hydrogen-bond acceptors (Lipinski definition) is 4. The van der Waals surface area contributed by atoms with Gasteiger partial charge >= 0.3 is 6.03 Å². The highest BCUT2D eigenvalue weighted by atomic mass is 16.6. The van der Waals surface area contributed by atoms with Crippen LogP contribution in [0.3, 0.4) is 0 Å². The lowest BCUT2D eigenvalue weighted by Gasteiger charge is -2.20. The fourth-order valence-corrected chi connectivity index (χ4v) is 2.65. The van der Waals surface area contributed by atoms with Gasteiger partial charge in [-0.25, -0.2) is 9.78 Å². The second-order valence-electron chi connectivity index (χ2n) is 6.26. The van der Waals surface area contributed by atoms with Crippen LogP contribution in [0.1, 0.15) is 25.7 Å². The Balaban J connectivity index is 1.73. The second kappa shape index (κ2) is 7.22. The molecule has 3 rings (SSSR count). The predicted molar refractivity (Wildman–Crippen MR) is 98.9 cm³/mol. The third-order valence-corrected chi connectivity index (χ3v) is 3.99. The first-order valence-corrected chi connectivity index (χ1v) is 8.20. The van der Waals surface area contributed by atoms with Gasteiger partial charge in [-0.2, -0.15) is 0 Å². The summed E-state index contributed by atoms with van der Waals surface area (Å²) in [6.07, 6.45) is 0. The lowest BCUT2D eigenvalue weighted by molar-refractivity contribution is -0.384. The standard InChI is InChI=1S/C18H19N5O3/c1-11(2)16(17-20-14-5-3-4-6-15(14)21-17)22-18(24)19-12-7-9-13(10-8-12)23(25)26/h3-11,16H,1-2H3,(H,20,21)(H2,19,22,24). The normalized spacial score (nSPS) is 12.1. The van der Waals surface area contributed by atoms with E-state index in [2.05, 4.69) is 20.6 Å². The van der Waals surface area contributed by atoms with Crippen LogP contribution in [0.25, 0.3) is 11.0 Å². The fourth-order valence-electron chi connectivity index (χ4n) is 2.65. The number of aromatic nitrogens is 2. The molecule has 0 saturated carbocycles. The number of hydrogen-bond donors (Lipinski definition) is 3. The summed E-state index contributed by atoms with van der Waals surface area (Å²) in [5.74, 6) is 0.790. The predicted octanol–water partition coefficient (Wildman–Crippen LogP) is 3.99. The summed E-state index contributed by atoms with van der Waals surface area (Å²) in [5.41, 5.74) is 2.19. The van der Waals surface area contributed by atoms with Gasteiger partial charge in [0.15, 0.2) is 0 Å². The molecule has 2 aromatic carbocycles. The van der Waals surface area contributed by atoms with Crippen molar-refractivity contribution in [1.29, 1.82) is 0 Å². The van der Waals surface area contributed by atoms with Crippen molar-refractivity contribution in [3.63, 3.8) is 0 Å². The molecule has 2 amide bonds. The molecule has 1 heterocycles. The topological polar surface area (TPSA) is 113 Å². The molecule has 0 aliphatic heterocycles. The van der Waals surface area contributed by atoms with Crippen LogP contribution in [-0.4, -0.2) is 20.9 Å². The molecule has 1 aromatic heterocycles. The summed E-state index contributed by atoms with van der Waals surface area (Å²) in [5, 5.41) is 16.3. The zero-order valence-electron chi connectivity index (χ0n) is 14.4. The average Bonchev–Trinajstić information content (AvgIpc) is 3.03. The summed E-state index contributed by atoms with van der Waals surface area (Å²) in [4.78, 5) is 30.3. The van der Waals surface area contributed by atoms with E-state index < -0.39 is 11.0 Å². The number of fused-ring (bicyclic) bond motifs is 1. The van der Waals surface area contributed by atoms with Crippen molar-refractivity contribution in [2.24, 2.45) is 5.92 Å². The Bertz CT molecular complexity index is 900. The minimum Gasteiger partial charge on any atom is -0.340 e. The van der Waals surface area contributed by atoms with Crippen LogP contribution in [0.2, 0.25) is 0 Å². The molecule has 0 aliphatic carbocycles. The molecule has 1 unspecified atom stereocenters. The number of carbonyl (C=O) groups is 1. The van der Waals surface area contributed by atoms with Crippen molar-refractivity contribution in [1.82, 2.24) is 15.3 Å². The van der Waals surface area contributed by atoms with Crippen molar-refractivity contribution >= 4 is 28.4 Å². The summed E-state index contributed by atoms with van der Waals surface area (Å²) in [6.45, 7) is 3.98. The summed E-state index contributed by atoms with van der Waals surface area (Å²) >= 11 is 0. The van der Waals surface area contributed by atoms with Gasteiger partial charge in [0.05, 0.1) is 22.0 Å². The number of nitro benzene ring substituents is 1. The fraction of sp³-hybridized carbons (Fsp3) is 0.222. The van der Waals surface area contributed by atoms with Crippen molar-refractivity contribution in [2.75, 3.05) is 5.32 Å². The summed E-state index contributed by atoms with van der Waals surface area (Å²) < 4.78 is 0. The number of anilines is 1. The number of aromatic amines is 1. The molecule has 26 heavy (non-hydrogen) atoms. The zero-order chi connectivity index (χ0) is 18.7. The van der Waals surface area contributed by atoms with Gasteiger partial charge in [0.2, 0.25) is 0 Å². The number of benzene rings is 2. The molecule has 0 radical (unpaired) electrons. The Morgan fingerprint density at radius 2 is 1.85 bits per heavy atom. The molecule has 8 nitrogen and oxygen atoms in total. The Kier molecular flexibility index (Phi) is 4.83. The first-order valence-electron chi connectivity index (χ1n) is 8.20. The first kappa shape index (κ1) is 17.4. The molecule has 0 fully saturated rings. The first-order chi connectivity index (χ1) is 12.4. The Labute approximate surface area is 149 Å². The highest BCUT2D eigenvalue weighted by molar-refractivity contribution is 5.89. The van der Waals surface area contributed by atoms with E-state index in [0.717, 1.165) is 11.0 Å². The SMILES string of the molecule is CC(C)C(NC(=O)Nc1ccc([N+](=O)[O-])cc1)c1nc2ccccc2[nH]1. The van der Waals surface area contributed by atoms with E-state index in [0.29, 0.717) is 11.5 Å². The van der Waals surface area contributed by atoms with Gasteiger partial charge in [-0.05, 0) is 30.2 Å². The second-order valence-corrected chi connectivity index (χ2v) is 6.26. The van der Waals surface area contributed by atoms with Crippen LogP contribution in [0.4, 0.5) is 16.2 Å². The number of amides is 2. The highest BCUT2D eigenvalue weighted by Crippen LogP contribution is 2.22. The minimum atomic E-state index is -0.486. The van der Waals surface area contributed by atoms with Crippen molar-refractivity contribution in [3.8, 4) is 0 Å². The number of non-ortho nitro benzene ring substituents is 1. The highest BCUT2D eigenvalue weighted by Gasteiger charge is 2.22. The maximum Gasteiger partial charge on any atom is 0.319 e. The van der Waals surface area contributed by atoms with Gasteiger partial charge in [-0.1, -0.05) is 26.0 Å². The molecule has 0 aliphatic rings. The van der Waals surface area contributed by atoms with Crippen molar-refractivity contribution in [3.05, 3.63) is 64.5 Å². The number of H-pyrrole nitrogens is 1. The molecule has 1 atom stereocenters. The number of nitro groups is 1. The largest absolute Gasteiger partial charge is 0.340 e. The molecule has 0 spiro atoms. The molecule has 3 aromatic rings. The van der Waals surface area contributed by atoms with E-state index in [-0.39, 0.29) is 17.6 Å². The molecular weight excluding hydrogens is 334 g/mol. The van der Waals surface area contributed by atoms with Crippen LogP contribution < -0.4 is 10.6 Å². The maximum atomic E-state index is 12.3. The van der Waals surface area contributed by atoms with Crippen LogP contribution in [0, 0.1) is 16.0 Å². The summed E-state index contributed by atoms with van der Waals surface area (Å²) in [6, 6.07) is 12.6. The number of para-hydroxylation sites is 2. The number of nitrogens with one attached hydrogen (secondary N) is 3. The van der Waals surface area contributed by atoms with E-state index >= 15 is 0 Å². The number of rotatable bonds is 5. The quantitative estimate of drug-likeness (QED) is 0.475. The Hall–Kier alpha value is -3.42. The van der Waals surface area contributed by atoms with E-state index in [1.165, 1.54) is 24.3 Å². The van der Waals surface area contributed by atoms with E-state index in [1.807, 2.05) is 38.1 Å².